The zero-order valence-corrected chi connectivity index (χ0v) is 19.2. The summed E-state index contributed by atoms with van der Waals surface area (Å²) >= 11 is 0. The molecule has 6 rings (SSSR count). The van der Waals surface area contributed by atoms with E-state index in [4.69, 9.17) is 0 Å². The number of halogens is 4. The van der Waals surface area contributed by atoms with Crippen molar-refractivity contribution < 1.29 is 30.8 Å². The highest BCUT2D eigenvalue weighted by Crippen LogP contribution is 2.65. The van der Waals surface area contributed by atoms with Gasteiger partial charge in [0.25, 0.3) is 0 Å². The minimum Gasteiger partial charge on any atom is -0.334 e. The molecule has 4 aliphatic rings. The summed E-state index contributed by atoms with van der Waals surface area (Å²) in [5, 5.41) is 0. The molecule has 1 aliphatic heterocycles. The zero-order valence-electron chi connectivity index (χ0n) is 18.4. The molecule has 0 spiro atoms. The first-order valence-corrected chi connectivity index (χ1v) is 13.0. The third-order valence-corrected chi connectivity index (χ3v) is 8.13. The summed E-state index contributed by atoms with van der Waals surface area (Å²) in [4.78, 5) is 14.6. The van der Waals surface area contributed by atoms with Gasteiger partial charge in [-0.05, 0) is 43.2 Å². The fourth-order valence-electron chi connectivity index (χ4n) is 5.67. The smallest absolute Gasteiger partial charge is 0.229 e. The van der Waals surface area contributed by atoms with Gasteiger partial charge in [0, 0.05) is 11.1 Å². The number of nitrogens with zero attached hydrogens (tertiary/aromatic N) is 1. The molecule has 2 bridgehead atoms. The average molecular weight is 497 g/mol. The number of alkyl halides is 1. The van der Waals surface area contributed by atoms with Gasteiger partial charge in [0.1, 0.15) is 12.0 Å². The van der Waals surface area contributed by atoms with Crippen molar-refractivity contribution in [1.29, 1.82) is 0 Å². The minimum absolute atomic E-state index is 0.0518. The van der Waals surface area contributed by atoms with Crippen molar-refractivity contribution in [2.45, 2.75) is 43.9 Å². The molecule has 3 saturated carbocycles. The maximum atomic E-state index is 15.5. The Morgan fingerprint density at radius 2 is 1.68 bits per heavy atom. The van der Waals surface area contributed by atoms with Gasteiger partial charge in [0.15, 0.2) is 11.6 Å². The predicted octanol–water partition coefficient (Wildman–Crippen LogP) is 3.58. The Hall–Kier alpha value is -2.46. The highest BCUT2D eigenvalue weighted by atomic mass is 32.2. The van der Waals surface area contributed by atoms with E-state index in [9.17, 15) is 22.0 Å². The number of amides is 1. The number of carbonyl (C=O) groups is 1. The van der Waals surface area contributed by atoms with Crippen molar-refractivity contribution in [1.82, 2.24) is 9.62 Å². The van der Waals surface area contributed by atoms with E-state index in [-0.39, 0.29) is 35.6 Å². The molecule has 0 unspecified atom stereocenters. The van der Waals surface area contributed by atoms with Crippen molar-refractivity contribution in [3.63, 3.8) is 0 Å². The third kappa shape index (κ3) is 3.80. The number of benzene rings is 2. The summed E-state index contributed by atoms with van der Waals surface area (Å²) in [5.74, 6) is -2.86. The molecule has 10 heteroatoms. The standard InChI is InChI=1S/C24H24F4N2O3S/c1-34(32,33)29-22-18(26)12-30(23(31)24-9-13(10-24)11-24)19(22)8-14-4-2-5-15(20(14)27)16-6-3-7-17(25)21(16)28/h2-7,13,18-19,22,29H,8-12H2,1H3/t13?,18-,19-,22-,24?/m0/s1. The first kappa shape index (κ1) is 23.3. The second-order valence-corrected chi connectivity index (χ2v) is 11.6. The summed E-state index contributed by atoms with van der Waals surface area (Å²) in [6, 6.07) is 5.42. The monoisotopic (exact) mass is 496 g/mol. The zero-order chi connectivity index (χ0) is 24.4. The lowest BCUT2D eigenvalue weighted by Crippen LogP contribution is -2.62. The summed E-state index contributed by atoms with van der Waals surface area (Å²) in [6.45, 7) is -0.289. The quantitative estimate of drug-likeness (QED) is 0.622. The van der Waals surface area contributed by atoms with E-state index < -0.39 is 51.1 Å². The molecule has 2 aromatic rings. The normalized spacial score (nSPS) is 30.1. The van der Waals surface area contributed by atoms with E-state index in [1.54, 1.807) is 0 Å². The predicted molar refractivity (Wildman–Crippen MR) is 117 cm³/mol. The van der Waals surface area contributed by atoms with Crippen LogP contribution < -0.4 is 4.72 Å². The van der Waals surface area contributed by atoms with Gasteiger partial charge in [-0.3, -0.25) is 4.79 Å². The second kappa shape index (κ2) is 8.05. The maximum absolute atomic E-state index is 15.5. The van der Waals surface area contributed by atoms with Crippen LogP contribution in [0.2, 0.25) is 0 Å². The van der Waals surface area contributed by atoms with Gasteiger partial charge in [-0.2, -0.15) is 0 Å². The number of rotatable bonds is 6. The Labute approximate surface area is 195 Å². The molecule has 1 heterocycles. The lowest BCUT2D eigenvalue weighted by Gasteiger charge is -2.61. The Kier molecular flexibility index (Phi) is 5.51. The van der Waals surface area contributed by atoms with Crippen molar-refractivity contribution in [3.05, 3.63) is 59.4 Å². The fourth-order valence-corrected chi connectivity index (χ4v) is 6.47. The summed E-state index contributed by atoms with van der Waals surface area (Å²) < 4.78 is 84.7. The van der Waals surface area contributed by atoms with E-state index in [2.05, 4.69) is 4.72 Å². The van der Waals surface area contributed by atoms with Crippen molar-refractivity contribution >= 4 is 15.9 Å². The SMILES string of the molecule is CS(=O)(=O)N[C@H]1[C@@H](F)CN(C(=O)C23CC(C2)C3)[C@H]1Cc1cccc(-c2cccc(F)c2F)c1F. The molecule has 2 aromatic carbocycles. The minimum atomic E-state index is -3.82. The summed E-state index contributed by atoms with van der Waals surface area (Å²) in [5.41, 5.74) is -0.903. The molecule has 182 valence electrons. The van der Waals surface area contributed by atoms with Gasteiger partial charge in [-0.15, -0.1) is 0 Å². The Balaban J connectivity index is 1.50. The molecule has 0 aromatic heterocycles. The molecule has 5 nitrogen and oxygen atoms in total. The summed E-state index contributed by atoms with van der Waals surface area (Å²) in [6.07, 6.45) is 1.26. The van der Waals surface area contributed by atoms with Gasteiger partial charge in [0.2, 0.25) is 15.9 Å². The molecule has 0 radical (unpaired) electrons. The Morgan fingerprint density at radius 3 is 2.26 bits per heavy atom. The number of carbonyl (C=O) groups excluding carboxylic acids is 1. The van der Waals surface area contributed by atoms with Gasteiger partial charge in [-0.1, -0.05) is 30.3 Å². The fraction of sp³-hybridized carbons (Fsp3) is 0.458. The topological polar surface area (TPSA) is 66.5 Å². The molecular formula is C24H24F4N2O3S. The van der Waals surface area contributed by atoms with Crippen LogP contribution in [0.4, 0.5) is 17.6 Å². The number of hydrogen-bond acceptors (Lipinski definition) is 3. The number of hydrogen-bond donors (Lipinski definition) is 1. The van der Waals surface area contributed by atoms with Crippen molar-refractivity contribution in [3.8, 4) is 11.1 Å². The lowest BCUT2D eigenvalue weighted by molar-refractivity contribution is -0.178. The molecule has 1 amide bonds. The Bertz CT molecular complexity index is 1250. The maximum Gasteiger partial charge on any atom is 0.229 e. The van der Waals surface area contributed by atoms with E-state index >= 15 is 8.78 Å². The van der Waals surface area contributed by atoms with Crippen LogP contribution in [-0.2, 0) is 21.2 Å². The summed E-state index contributed by atoms with van der Waals surface area (Å²) in [7, 11) is -3.82. The van der Waals surface area contributed by atoms with Crippen LogP contribution in [-0.4, -0.2) is 50.3 Å². The van der Waals surface area contributed by atoms with Gasteiger partial charge in [-0.25, -0.2) is 30.7 Å². The van der Waals surface area contributed by atoms with E-state index in [0.717, 1.165) is 31.6 Å². The average Bonchev–Trinajstić information content (AvgIpc) is 2.98. The number of sulfonamides is 1. The van der Waals surface area contributed by atoms with Crippen molar-refractivity contribution in [2.24, 2.45) is 11.3 Å². The molecule has 3 atom stereocenters. The van der Waals surface area contributed by atoms with Gasteiger partial charge in [0.05, 0.1) is 30.3 Å². The third-order valence-electron chi connectivity index (χ3n) is 7.43. The molecule has 1 saturated heterocycles. The van der Waals surface area contributed by atoms with Crippen LogP contribution in [0.1, 0.15) is 24.8 Å². The first-order chi connectivity index (χ1) is 16.0. The van der Waals surface area contributed by atoms with Gasteiger partial charge < -0.3 is 4.90 Å². The molecule has 1 N–H and O–H groups in total. The molecule has 4 fully saturated rings. The highest BCUT2D eigenvalue weighted by molar-refractivity contribution is 7.88. The second-order valence-electron chi connectivity index (χ2n) is 9.80. The van der Waals surface area contributed by atoms with Crippen LogP contribution in [0.15, 0.2) is 36.4 Å². The number of nitrogens with one attached hydrogen (secondary N) is 1. The molecule has 34 heavy (non-hydrogen) atoms. The van der Waals surface area contributed by atoms with Crippen LogP contribution in [0, 0.1) is 28.8 Å². The largest absolute Gasteiger partial charge is 0.334 e. The Morgan fingerprint density at radius 1 is 1.06 bits per heavy atom. The van der Waals surface area contributed by atoms with E-state index in [1.165, 1.54) is 35.2 Å². The lowest BCUT2D eigenvalue weighted by atomic mass is 9.44. The highest BCUT2D eigenvalue weighted by Gasteiger charge is 2.64. The van der Waals surface area contributed by atoms with Crippen LogP contribution in [0.25, 0.3) is 11.1 Å². The van der Waals surface area contributed by atoms with Crippen LogP contribution in [0.3, 0.4) is 0 Å². The molecule has 3 aliphatic carbocycles. The van der Waals surface area contributed by atoms with Crippen molar-refractivity contribution in [2.75, 3.05) is 12.8 Å². The first-order valence-electron chi connectivity index (χ1n) is 11.1. The van der Waals surface area contributed by atoms with E-state index in [1.807, 2.05) is 0 Å². The van der Waals surface area contributed by atoms with Crippen LogP contribution in [0.5, 0.6) is 0 Å². The number of likely N-dealkylation sites (tertiary alicyclic amines) is 1. The van der Waals surface area contributed by atoms with E-state index in [0.29, 0.717) is 5.92 Å². The molecular weight excluding hydrogens is 472 g/mol. The van der Waals surface area contributed by atoms with Crippen LogP contribution >= 0.6 is 0 Å². The van der Waals surface area contributed by atoms with Gasteiger partial charge >= 0.3 is 0 Å².